The second kappa shape index (κ2) is 7.85. The molecule has 0 fully saturated rings. The molecule has 7 heteroatoms. The number of carboxylic acids is 1. The molecule has 4 N–H and O–H groups in total. The number of thiazole rings is 1. The lowest BCUT2D eigenvalue weighted by atomic mass is 10.1. The van der Waals surface area contributed by atoms with Crippen LogP contribution in [0.1, 0.15) is 41.7 Å². The fourth-order valence-electron chi connectivity index (χ4n) is 1.51. The van der Waals surface area contributed by atoms with E-state index in [1.165, 1.54) is 16.7 Å². The Morgan fingerprint density at radius 2 is 2.32 bits per heavy atom. The second-order valence-electron chi connectivity index (χ2n) is 4.40. The summed E-state index contributed by atoms with van der Waals surface area (Å²) < 4.78 is 0. The lowest BCUT2D eigenvalue weighted by Gasteiger charge is -2.05. The van der Waals surface area contributed by atoms with Crippen molar-refractivity contribution in [3.05, 3.63) is 16.1 Å². The van der Waals surface area contributed by atoms with Gasteiger partial charge in [0.2, 0.25) is 5.91 Å². The highest BCUT2D eigenvalue weighted by Gasteiger charge is 2.08. The molecule has 0 bridgehead atoms. The molecule has 1 aromatic heterocycles. The SMILES string of the molecule is CC(N)CCCC(=O)NCCc1nc(C(=O)O)cs1. The van der Waals surface area contributed by atoms with Crippen molar-refractivity contribution in [2.75, 3.05) is 6.54 Å². The molecule has 0 aliphatic carbocycles. The van der Waals surface area contributed by atoms with E-state index in [0.29, 0.717) is 24.4 Å². The quantitative estimate of drug-likeness (QED) is 0.661. The number of carbonyl (C=O) groups excluding carboxylic acids is 1. The van der Waals surface area contributed by atoms with Gasteiger partial charge in [0, 0.05) is 30.8 Å². The Hall–Kier alpha value is -1.47. The summed E-state index contributed by atoms with van der Waals surface area (Å²) in [6.45, 7) is 2.39. The van der Waals surface area contributed by atoms with Crippen LogP contribution in [0.5, 0.6) is 0 Å². The molecule has 0 saturated heterocycles. The van der Waals surface area contributed by atoms with E-state index in [-0.39, 0.29) is 17.6 Å². The summed E-state index contributed by atoms with van der Waals surface area (Å²) in [4.78, 5) is 26.0. The number of hydrogen-bond acceptors (Lipinski definition) is 5. The third-order valence-corrected chi connectivity index (χ3v) is 3.40. The van der Waals surface area contributed by atoms with Gasteiger partial charge in [-0.05, 0) is 19.8 Å². The zero-order chi connectivity index (χ0) is 14.3. The summed E-state index contributed by atoms with van der Waals surface area (Å²) in [5, 5.41) is 13.7. The van der Waals surface area contributed by atoms with Gasteiger partial charge in [0.05, 0.1) is 5.01 Å². The summed E-state index contributed by atoms with van der Waals surface area (Å²) in [5.41, 5.74) is 5.65. The van der Waals surface area contributed by atoms with Gasteiger partial charge in [0.25, 0.3) is 0 Å². The number of aromatic carboxylic acids is 1. The average molecular weight is 285 g/mol. The van der Waals surface area contributed by atoms with Gasteiger partial charge in [-0.15, -0.1) is 11.3 Å². The van der Waals surface area contributed by atoms with Gasteiger partial charge in [-0.25, -0.2) is 9.78 Å². The van der Waals surface area contributed by atoms with Crippen LogP contribution in [0.4, 0.5) is 0 Å². The van der Waals surface area contributed by atoms with Crippen LogP contribution in [0.3, 0.4) is 0 Å². The fraction of sp³-hybridized carbons (Fsp3) is 0.583. The van der Waals surface area contributed by atoms with Gasteiger partial charge in [-0.1, -0.05) is 0 Å². The molecule has 0 aliphatic rings. The lowest BCUT2D eigenvalue weighted by Crippen LogP contribution is -2.26. The van der Waals surface area contributed by atoms with Gasteiger partial charge in [0.15, 0.2) is 5.69 Å². The molecule has 1 aromatic rings. The van der Waals surface area contributed by atoms with Crippen molar-refractivity contribution in [1.29, 1.82) is 0 Å². The molecule has 6 nitrogen and oxygen atoms in total. The Bertz CT molecular complexity index is 432. The van der Waals surface area contributed by atoms with Crippen LogP contribution in [-0.2, 0) is 11.2 Å². The lowest BCUT2D eigenvalue weighted by molar-refractivity contribution is -0.121. The molecule has 1 amide bonds. The van der Waals surface area contributed by atoms with Crippen LogP contribution in [-0.4, -0.2) is 34.6 Å². The first-order valence-electron chi connectivity index (χ1n) is 6.19. The molecule has 1 unspecified atom stereocenters. The minimum atomic E-state index is -1.03. The number of nitrogens with one attached hydrogen (secondary N) is 1. The molecular formula is C12H19N3O3S. The van der Waals surface area contributed by atoms with E-state index in [4.69, 9.17) is 10.8 Å². The molecule has 1 atom stereocenters. The van der Waals surface area contributed by atoms with Crippen LogP contribution < -0.4 is 11.1 Å². The van der Waals surface area contributed by atoms with Crippen molar-refractivity contribution in [3.8, 4) is 0 Å². The number of hydrogen-bond donors (Lipinski definition) is 3. The van der Waals surface area contributed by atoms with Crippen LogP contribution in [0, 0.1) is 0 Å². The maximum Gasteiger partial charge on any atom is 0.355 e. The van der Waals surface area contributed by atoms with E-state index in [1.54, 1.807) is 0 Å². The van der Waals surface area contributed by atoms with Crippen molar-refractivity contribution in [3.63, 3.8) is 0 Å². The molecule has 0 aromatic carbocycles. The fourth-order valence-corrected chi connectivity index (χ4v) is 2.28. The summed E-state index contributed by atoms with van der Waals surface area (Å²) in [5.74, 6) is -1.03. The monoisotopic (exact) mass is 285 g/mol. The largest absolute Gasteiger partial charge is 0.476 e. The van der Waals surface area contributed by atoms with Crippen LogP contribution in [0.2, 0.25) is 0 Å². The van der Waals surface area contributed by atoms with Gasteiger partial charge in [-0.3, -0.25) is 4.79 Å². The van der Waals surface area contributed by atoms with E-state index >= 15 is 0 Å². The first-order valence-corrected chi connectivity index (χ1v) is 7.07. The zero-order valence-electron chi connectivity index (χ0n) is 10.9. The normalized spacial score (nSPS) is 12.1. The van der Waals surface area contributed by atoms with E-state index in [9.17, 15) is 9.59 Å². The number of carboxylic acid groups (broad SMARTS) is 1. The predicted molar refractivity (Wildman–Crippen MR) is 73.3 cm³/mol. The van der Waals surface area contributed by atoms with E-state index < -0.39 is 5.97 Å². The number of amides is 1. The summed E-state index contributed by atoms with van der Waals surface area (Å²) >= 11 is 1.29. The topological polar surface area (TPSA) is 105 Å². The average Bonchev–Trinajstić information content (AvgIpc) is 2.77. The summed E-state index contributed by atoms with van der Waals surface area (Å²) in [6, 6.07) is 0.123. The number of nitrogens with two attached hydrogens (primary N) is 1. The standard InChI is InChI=1S/C12H19N3O3S/c1-8(13)3-2-4-10(16)14-6-5-11-15-9(7-19-11)12(17)18/h7-8H,2-6,13H2,1H3,(H,14,16)(H,17,18). The molecular weight excluding hydrogens is 266 g/mol. The van der Waals surface area contributed by atoms with Crippen molar-refractivity contribution >= 4 is 23.2 Å². The number of aromatic nitrogens is 1. The number of carbonyl (C=O) groups is 2. The maximum atomic E-state index is 11.5. The van der Waals surface area contributed by atoms with E-state index in [1.807, 2.05) is 6.92 Å². The highest BCUT2D eigenvalue weighted by molar-refractivity contribution is 7.09. The van der Waals surface area contributed by atoms with Crippen molar-refractivity contribution in [2.24, 2.45) is 5.73 Å². The highest BCUT2D eigenvalue weighted by atomic mass is 32.1. The second-order valence-corrected chi connectivity index (χ2v) is 5.34. The third-order valence-electron chi connectivity index (χ3n) is 2.50. The number of rotatable bonds is 8. The minimum absolute atomic E-state index is 0.00401. The Kier molecular flexibility index (Phi) is 6.44. The van der Waals surface area contributed by atoms with Crippen LogP contribution in [0.15, 0.2) is 5.38 Å². The number of nitrogens with zero attached hydrogens (tertiary/aromatic N) is 1. The van der Waals surface area contributed by atoms with E-state index in [0.717, 1.165) is 12.8 Å². The molecule has 1 rings (SSSR count). The molecule has 106 valence electrons. The molecule has 1 heterocycles. The van der Waals surface area contributed by atoms with E-state index in [2.05, 4.69) is 10.3 Å². The summed E-state index contributed by atoms with van der Waals surface area (Å²) in [6.07, 6.45) is 2.64. The smallest absolute Gasteiger partial charge is 0.355 e. The molecule has 0 spiro atoms. The van der Waals surface area contributed by atoms with Crippen molar-refractivity contribution < 1.29 is 14.7 Å². The molecule has 0 saturated carbocycles. The Balaban J connectivity index is 2.18. The van der Waals surface area contributed by atoms with Gasteiger partial charge in [-0.2, -0.15) is 0 Å². The van der Waals surface area contributed by atoms with Crippen molar-refractivity contribution in [2.45, 2.75) is 38.6 Å². The van der Waals surface area contributed by atoms with Crippen LogP contribution in [0.25, 0.3) is 0 Å². The van der Waals surface area contributed by atoms with Crippen LogP contribution >= 0.6 is 11.3 Å². The molecule has 0 aliphatic heterocycles. The van der Waals surface area contributed by atoms with Crippen molar-refractivity contribution in [1.82, 2.24) is 10.3 Å². The Morgan fingerprint density at radius 3 is 2.89 bits per heavy atom. The van der Waals surface area contributed by atoms with Gasteiger partial charge < -0.3 is 16.2 Å². The molecule has 19 heavy (non-hydrogen) atoms. The Morgan fingerprint density at radius 1 is 1.58 bits per heavy atom. The first kappa shape index (κ1) is 15.6. The predicted octanol–water partition coefficient (Wildman–Crippen LogP) is 1.02. The van der Waals surface area contributed by atoms with Gasteiger partial charge >= 0.3 is 5.97 Å². The zero-order valence-corrected chi connectivity index (χ0v) is 11.7. The highest BCUT2D eigenvalue weighted by Crippen LogP contribution is 2.09. The molecule has 0 radical (unpaired) electrons. The first-order chi connectivity index (χ1) is 8.99. The van der Waals surface area contributed by atoms with Gasteiger partial charge in [0.1, 0.15) is 0 Å². The summed E-state index contributed by atoms with van der Waals surface area (Å²) in [7, 11) is 0. The minimum Gasteiger partial charge on any atom is -0.476 e. The maximum absolute atomic E-state index is 11.5. The Labute approximate surface area is 116 Å². The third kappa shape index (κ3) is 6.30.